The minimum Gasteiger partial charge on any atom is -0.492 e. The van der Waals surface area contributed by atoms with Crippen LogP contribution in [0.5, 0.6) is 11.5 Å². The zero-order valence-corrected chi connectivity index (χ0v) is 19.6. The molecule has 0 radical (unpaired) electrons. The van der Waals surface area contributed by atoms with Gasteiger partial charge in [0.15, 0.2) is 0 Å². The van der Waals surface area contributed by atoms with Gasteiger partial charge in [-0.25, -0.2) is 0 Å². The van der Waals surface area contributed by atoms with E-state index in [0.29, 0.717) is 33.3 Å². The van der Waals surface area contributed by atoms with Gasteiger partial charge in [0.05, 0.1) is 40.4 Å². The Hall–Kier alpha value is 0.660. The molecule has 0 atom stereocenters. The molecule has 0 spiro atoms. The van der Waals surface area contributed by atoms with E-state index in [2.05, 4.69) is 45.2 Å². The van der Waals surface area contributed by atoms with E-state index in [4.69, 9.17) is 55.9 Å². The summed E-state index contributed by atoms with van der Waals surface area (Å²) in [6, 6.07) is 7.11. The molecular formula is C16H12Cl4I2O2. The van der Waals surface area contributed by atoms with Crippen LogP contribution in [0.25, 0.3) is 0 Å². The Balaban J connectivity index is 1.75. The van der Waals surface area contributed by atoms with Gasteiger partial charge in [-0.15, -0.1) is 0 Å². The fraction of sp³-hybridized carbons (Fsp3) is 0.250. The van der Waals surface area contributed by atoms with Gasteiger partial charge in [-0.2, -0.15) is 0 Å². The summed E-state index contributed by atoms with van der Waals surface area (Å²) in [6.07, 6.45) is 1.71. The average molecular weight is 632 g/mol. The molecule has 2 aromatic rings. The Morgan fingerprint density at radius 2 is 1.04 bits per heavy atom. The number of halogens is 6. The SMILES string of the molecule is Clc1ccc(OCCCCOc2ccc(Cl)c(Cl)c2I)c(I)c1Cl. The van der Waals surface area contributed by atoms with Gasteiger partial charge in [-0.3, -0.25) is 0 Å². The highest BCUT2D eigenvalue weighted by molar-refractivity contribution is 14.1. The van der Waals surface area contributed by atoms with Crippen LogP contribution < -0.4 is 9.47 Å². The van der Waals surface area contributed by atoms with Gasteiger partial charge in [0, 0.05) is 0 Å². The Morgan fingerprint density at radius 1 is 0.667 bits per heavy atom. The molecular weight excluding hydrogens is 620 g/mol. The van der Waals surface area contributed by atoms with E-state index in [1.54, 1.807) is 12.1 Å². The standard InChI is InChI=1S/C16H12Cl4I2O2/c17-9-3-5-11(15(21)13(9)19)23-7-1-2-8-24-12-6-4-10(18)14(20)16(12)22/h3-6H,1-2,7-8H2. The monoisotopic (exact) mass is 630 g/mol. The van der Waals surface area contributed by atoms with Gasteiger partial charge >= 0.3 is 0 Å². The van der Waals surface area contributed by atoms with E-state index in [9.17, 15) is 0 Å². The van der Waals surface area contributed by atoms with Crippen LogP contribution in [-0.4, -0.2) is 13.2 Å². The first-order valence-corrected chi connectivity index (χ1v) is 10.6. The number of ether oxygens (including phenoxy) is 2. The smallest absolute Gasteiger partial charge is 0.134 e. The highest BCUT2D eigenvalue weighted by Gasteiger charge is 2.10. The third kappa shape index (κ3) is 5.58. The van der Waals surface area contributed by atoms with Crippen molar-refractivity contribution in [3.05, 3.63) is 51.5 Å². The van der Waals surface area contributed by atoms with Gasteiger partial charge in [-0.1, -0.05) is 46.4 Å². The Morgan fingerprint density at radius 3 is 1.42 bits per heavy atom. The summed E-state index contributed by atoms with van der Waals surface area (Å²) >= 11 is 28.3. The predicted octanol–water partition coefficient (Wildman–Crippen LogP) is 7.75. The molecule has 8 heteroatoms. The third-order valence-electron chi connectivity index (χ3n) is 3.05. The van der Waals surface area contributed by atoms with Crippen molar-refractivity contribution in [3.63, 3.8) is 0 Å². The normalized spacial score (nSPS) is 10.8. The minimum atomic E-state index is 0.521. The number of unbranched alkanes of at least 4 members (excludes halogenated alkanes) is 1. The number of rotatable bonds is 7. The molecule has 2 aromatic carbocycles. The van der Waals surface area contributed by atoms with Crippen molar-refractivity contribution < 1.29 is 9.47 Å². The van der Waals surface area contributed by atoms with Crippen LogP contribution >= 0.6 is 91.6 Å². The molecule has 0 heterocycles. The van der Waals surface area contributed by atoms with Crippen LogP contribution in [0.15, 0.2) is 24.3 Å². The van der Waals surface area contributed by atoms with E-state index < -0.39 is 0 Å². The van der Waals surface area contributed by atoms with Gasteiger partial charge in [0.1, 0.15) is 11.5 Å². The molecule has 0 unspecified atom stereocenters. The molecule has 130 valence electrons. The Bertz CT molecular complexity index is 664. The molecule has 2 rings (SSSR count). The molecule has 0 aliphatic heterocycles. The highest BCUT2D eigenvalue weighted by atomic mass is 127. The van der Waals surface area contributed by atoms with Crippen LogP contribution in [0.3, 0.4) is 0 Å². The lowest BCUT2D eigenvalue weighted by Gasteiger charge is -2.11. The molecule has 24 heavy (non-hydrogen) atoms. The average Bonchev–Trinajstić information content (AvgIpc) is 2.57. The quantitative estimate of drug-likeness (QED) is 0.177. The van der Waals surface area contributed by atoms with Gasteiger partial charge in [0.25, 0.3) is 0 Å². The number of hydrogen-bond donors (Lipinski definition) is 0. The zero-order chi connectivity index (χ0) is 17.7. The Kier molecular flexibility index (Phi) is 8.83. The number of hydrogen-bond acceptors (Lipinski definition) is 2. The number of benzene rings is 2. The lowest BCUT2D eigenvalue weighted by Crippen LogP contribution is -2.04. The van der Waals surface area contributed by atoms with E-state index in [1.165, 1.54) is 0 Å². The fourth-order valence-corrected chi connectivity index (χ4v) is 4.01. The molecule has 0 saturated carbocycles. The first-order chi connectivity index (χ1) is 11.4. The van der Waals surface area contributed by atoms with Crippen LogP contribution in [0.2, 0.25) is 20.1 Å². The maximum atomic E-state index is 6.09. The molecule has 0 aliphatic carbocycles. The van der Waals surface area contributed by atoms with E-state index in [0.717, 1.165) is 31.5 Å². The summed E-state index contributed by atoms with van der Waals surface area (Å²) in [5, 5.41) is 2.09. The first kappa shape index (κ1) is 21.0. The second-order valence-electron chi connectivity index (χ2n) is 4.75. The van der Waals surface area contributed by atoms with Crippen LogP contribution in [0, 0.1) is 7.14 Å². The Labute approximate surface area is 188 Å². The largest absolute Gasteiger partial charge is 0.492 e. The molecule has 0 bridgehead atoms. The summed E-state index contributed by atoms with van der Waals surface area (Å²) in [5.41, 5.74) is 0. The van der Waals surface area contributed by atoms with Crippen molar-refractivity contribution in [3.8, 4) is 11.5 Å². The summed E-state index contributed by atoms with van der Waals surface area (Å²) in [5.74, 6) is 1.48. The highest BCUT2D eigenvalue weighted by Crippen LogP contribution is 2.35. The topological polar surface area (TPSA) is 18.5 Å². The summed E-state index contributed by atoms with van der Waals surface area (Å²) in [4.78, 5) is 0. The van der Waals surface area contributed by atoms with Crippen molar-refractivity contribution in [1.29, 1.82) is 0 Å². The second-order valence-corrected chi connectivity index (χ2v) is 8.48. The van der Waals surface area contributed by atoms with Gasteiger partial charge < -0.3 is 9.47 Å². The van der Waals surface area contributed by atoms with Crippen LogP contribution in [-0.2, 0) is 0 Å². The lowest BCUT2D eigenvalue weighted by atomic mass is 10.3. The molecule has 0 amide bonds. The van der Waals surface area contributed by atoms with E-state index >= 15 is 0 Å². The fourth-order valence-electron chi connectivity index (χ4n) is 1.81. The van der Waals surface area contributed by atoms with Gasteiger partial charge in [-0.05, 0) is 82.3 Å². The maximum Gasteiger partial charge on any atom is 0.134 e. The van der Waals surface area contributed by atoms with Crippen molar-refractivity contribution in [2.24, 2.45) is 0 Å². The van der Waals surface area contributed by atoms with Crippen LogP contribution in [0.4, 0.5) is 0 Å². The van der Waals surface area contributed by atoms with Crippen molar-refractivity contribution >= 4 is 91.6 Å². The van der Waals surface area contributed by atoms with Crippen molar-refractivity contribution in [2.75, 3.05) is 13.2 Å². The minimum absolute atomic E-state index is 0.521. The van der Waals surface area contributed by atoms with Gasteiger partial charge in [0.2, 0.25) is 0 Å². The van der Waals surface area contributed by atoms with E-state index in [1.807, 2.05) is 12.1 Å². The van der Waals surface area contributed by atoms with Crippen molar-refractivity contribution in [2.45, 2.75) is 12.8 Å². The predicted molar refractivity (Wildman–Crippen MR) is 119 cm³/mol. The zero-order valence-electron chi connectivity index (χ0n) is 12.2. The molecule has 0 saturated heterocycles. The maximum absolute atomic E-state index is 6.09. The molecule has 0 N–H and O–H groups in total. The first-order valence-electron chi connectivity index (χ1n) is 6.94. The molecule has 0 fully saturated rings. The summed E-state index contributed by atoms with van der Waals surface area (Å²) in [7, 11) is 0. The molecule has 2 nitrogen and oxygen atoms in total. The third-order valence-corrected chi connectivity index (χ3v) is 7.44. The van der Waals surface area contributed by atoms with Crippen molar-refractivity contribution in [1.82, 2.24) is 0 Å². The summed E-state index contributed by atoms with van der Waals surface area (Å²) < 4.78 is 13.1. The molecule has 0 aliphatic rings. The summed E-state index contributed by atoms with van der Waals surface area (Å²) in [6.45, 7) is 1.16. The molecule has 0 aromatic heterocycles. The lowest BCUT2D eigenvalue weighted by molar-refractivity contribution is 0.264. The second kappa shape index (κ2) is 10.1. The van der Waals surface area contributed by atoms with Crippen LogP contribution in [0.1, 0.15) is 12.8 Å². The van der Waals surface area contributed by atoms with E-state index in [-0.39, 0.29) is 0 Å².